The fourth-order valence-electron chi connectivity index (χ4n) is 2.01. The van der Waals surface area contributed by atoms with E-state index in [1.807, 2.05) is 24.5 Å². The lowest BCUT2D eigenvalue weighted by Gasteiger charge is -2.12. The number of fused-ring (bicyclic) bond motifs is 1. The Balaban J connectivity index is 1.85. The summed E-state index contributed by atoms with van der Waals surface area (Å²) in [5, 5.41) is 4.41. The van der Waals surface area contributed by atoms with Gasteiger partial charge in [-0.3, -0.25) is 4.98 Å². The monoisotopic (exact) mass is 269 g/mol. The Hall–Kier alpha value is -1.94. The van der Waals surface area contributed by atoms with Crippen LogP contribution < -0.4 is 5.32 Å². The Labute approximate surface area is 116 Å². The molecule has 0 spiro atoms. The standard InChI is InChI=1S/C15H15N3S/c1-10-3-4-13-14(9-10)19-15(18-13)17-11(2)12-5-7-16-8-6-12/h3-9,11H,1-2H3,(H,17,18). The summed E-state index contributed by atoms with van der Waals surface area (Å²) < 4.78 is 1.23. The molecule has 0 radical (unpaired) electrons. The fourth-order valence-corrected chi connectivity index (χ4v) is 3.07. The van der Waals surface area contributed by atoms with E-state index in [-0.39, 0.29) is 6.04 Å². The van der Waals surface area contributed by atoms with E-state index < -0.39 is 0 Å². The first kappa shape index (κ1) is 12.1. The highest BCUT2D eigenvalue weighted by atomic mass is 32.1. The van der Waals surface area contributed by atoms with E-state index in [9.17, 15) is 0 Å². The first-order valence-electron chi connectivity index (χ1n) is 6.26. The van der Waals surface area contributed by atoms with E-state index in [2.05, 4.69) is 47.3 Å². The minimum atomic E-state index is 0.227. The molecule has 1 atom stereocenters. The Morgan fingerprint density at radius 1 is 1.16 bits per heavy atom. The minimum absolute atomic E-state index is 0.227. The topological polar surface area (TPSA) is 37.8 Å². The lowest BCUT2D eigenvalue weighted by atomic mass is 10.1. The summed E-state index contributed by atoms with van der Waals surface area (Å²) >= 11 is 1.70. The minimum Gasteiger partial charge on any atom is -0.355 e. The van der Waals surface area contributed by atoms with Crippen LogP contribution in [0.1, 0.15) is 24.1 Å². The molecule has 0 fully saturated rings. The van der Waals surface area contributed by atoms with Gasteiger partial charge >= 0.3 is 0 Å². The fraction of sp³-hybridized carbons (Fsp3) is 0.200. The molecule has 4 heteroatoms. The maximum absolute atomic E-state index is 4.61. The van der Waals surface area contributed by atoms with Crippen molar-refractivity contribution in [1.82, 2.24) is 9.97 Å². The molecular weight excluding hydrogens is 254 g/mol. The molecule has 0 aliphatic carbocycles. The number of rotatable bonds is 3. The van der Waals surface area contributed by atoms with Gasteiger partial charge in [0.05, 0.1) is 16.3 Å². The average molecular weight is 269 g/mol. The summed E-state index contributed by atoms with van der Waals surface area (Å²) in [6, 6.07) is 10.6. The number of aryl methyl sites for hydroxylation is 1. The second-order valence-corrected chi connectivity index (χ2v) is 5.67. The van der Waals surface area contributed by atoms with Crippen LogP contribution in [0.25, 0.3) is 10.2 Å². The van der Waals surface area contributed by atoms with Gasteiger partial charge in [-0.15, -0.1) is 0 Å². The van der Waals surface area contributed by atoms with Gasteiger partial charge in [0.1, 0.15) is 0 Å². The number of benzene rings is 1. The molecular formula is C15H15N3S. The zero-order valence-electron chi connectivity index (χ0n) is 10.9. The molecule has 1 N–H and O–H groups in total. The van der Waals surface area contributed by atoms with E-state index in [1.54, 1.807) is 11.3 Å². The van der Waals surface area contributed by atoms with Gasteiger partial charge in [0.2, 0.25) is 0 Å². The van der Waals surface area contributed by atoms with Gasteiger partial charge in [0.25, 0.3) is 0 Å². The largest absolute Gasteiger partial charge is 0.355 e. The van der Waals surface area contributed by atoms with Crippen molar-refractivity contribution >= 4 is 26.7 Å². The number of aromatic nitrogens is 2. The highest BCUT2D eigenvalue weighted by molar-refractivity contribution is 7.22. The third-order valence-electron chi connectivity index (χ3n) is 3.09. The molecule has 19 heavy (non-hydrogen) atoms. The number of anilines is 1. The van der Waals surface area contributed by atoms with E-state index >= 15 is 0 Å². The molecule has 1 aromatic carbocycles. The maximum atomic E-state index is 4.61. The van der Waals surface area contributed by atoms with Crippen LogP contribution in [0.3, 0.4) is 0 Å². The van der Waals surface area contributed by atoms with Gasteiger partial charge in [-0.25, -0.2) is 4.98 Å². The van der Waals surface area contributed by atoms with Crippen LogP contribution in [-0.2, 0) is 0 Å². The second kappa shape index (κ2) is 4.97. The van der Waals surface area contributed by atoms with Crippen molar-refractivity contribution in [3.05, 3.63) is 53.9 Å². The lowest BCUT2D eigenvalue weighted by Crippen LogP contribution is -2.05. The predicted octanol–water partition coefficient (Wildman–Crippen LogP) is 4.17. The zero-order chi connectivity index (χ0) is 13.2. The molecule has 3 nitrogen and oxygen atoms in total. The van der Waals surface area contributed by atoms with Crippen LogP contribution in [-0.4, -0.2) is 9.97 Å². The Morgan fingerprint density at radius 3 is 2.74 bits per heavy atom. The number of pyridine rings is 1. The number of nitrogens with one attached hydrogen (secondary N) is 1. The first-order chi connectivity index (χ1) is 9.22. The van der Waals surface area contributed by atoms with Crippen molar-refractivity contribution in [1.29, 1.82) is 0 Å². The van der Waals surface area contributed by atoms with Crippen molar-refractivity contribution in [2.45, 2.75) is 19.9 Å². The molecule has 2 heterocycles. The van der Waals surface area contributed by atoms with Crippen molar-refractivity contribution in [2.75, 3.05) is 5.32 Å². The molecule has 96 valence electrons. The van der Waals surface area contributed by atoms with E-state index in [0.29, 0.717) is 0 Å². The van der Waals surface area contributed by atoms with Crippen molar-refractivity contribution in [2.24, 2.45) is 0 Å². The average Bonchev–Trinajstić information content (AvgIpc) is 2.81. The summed E-state index contributed by atoms with van der Waals surface area (Å²) in [7, 11) is 0. The van der Waals surface area contributed by atoms with Crippen molar-refractivity contribution in [3.8, 4) is 0 Å². The van der Waals surface area contributed by atoms with Crippen LogP contribution >= 0.6 is 11.3 Å². The van der Waals surface area contributed by atoms with E-state index in [0.717, 1.165) is 10.6 Å². The summed E-state index contributed by atoms with van der Waals surface area (Å²) in [6.45, 7) is 4.23. The molecule has 1 unspecified atom stereocenters. The van der Waals surface area contributed by atoms with Crippen LogP contribution in [0.15, 0.2) is 42.7 Å². The van der Waals surface area contributed by atoms with Gasteiger partial charge in [0.15, 0.2) is 5.13 Å². The van der Waals surface area contributed by atoms with Gasteiger partial charge in [-0.05, 0) is 49.2 Å². The van der Waals surface area contributed by atoms with Crippen LogP contribution in [0.5, 0.6) is 0 Å². The highest BCUT2D eigenvalue weighted by Gasteiger charge is 2.08. The molecule has 0 bridgehead atoms. The number of hydrogen-bond acceptors (Lipinski definition) is 4. The summed E-state index contributed by atoms with van der Waals surface area (Å²) in [4.78, 5) is 8.65. The van der Waals surface area contributed by atoms with Crippen LogP contribution in [0.4, 0.5) is 5.13 Å². The molecule has 3 aromatic rings. The normalized spacial score (nSPS) is 12.5. The van der Waals surface area contributed by atoms with E-state index in [1.165, 1.54) is 15.8 Å². The molecule has 0 amide bonds. The van der Waals surface area contributed by atoms with Crippen molar-refractivity contribution < 1.29 is 0 Å². The van der Waals surface area contributed by atoms with Crippen LogP contribution in [0, 0.1) is 6.92 Å². The Bertz CT molecular complexity index is 691. The Kier molecular flexibility index (Phi) is 3.17. The number of nitrogens with zero attached hydrogens (tertiary/aromatic N) is 2. The third-order valence-corrected chi connectivity index (χ3v) is 4.04. The highest BCUT2D eigenvalue weighted by Crippen LogP contribution is 2.29. The van der Waals surface area contributed by atoms with Gasteiger partial charge in [-0.2, -0.15) is 0 Å². The third kappa shape index (κ3) is 2.58. The summed E-state index contributed by atoms with van der Waals surface area (Å²) in [5.74, 6) is 0. The Morgan fingerprint density at radius 2 is 1.95 bits per heavy atom. The second-order valence-electron chi connectivity index (χ2n) is 4.64. The number of thiazole rings is 1. The molecule has 0 aliphatic rings. The molecule has 0 saturated heterocycles. The van der Waals surface area contributed by atoms with Crippen LogP contribution in [0.2, 0.25) is 0 Å². The maximum Gasteiger partial charge on any atom is 0.184 e. The van der Waals surface area contributed by atoms with Crippen molar-refractivity contribution in [3.63, 3.8) is 0 Å². The predicted molar refractivity (Wildman–Crippen MR) is 80.6 cm³/mol. The summed E-state index contributed by atoms with van der Waals surface area (Å²) in [6.07, 6.45) is 3.63. The quantitative estimate of drug-likeness (QED) is 0.775. The first-order valence-corrected chi connectivity index (χ1v) is 7.08. The number of hydrogen-bond donors (Lipinski definition) is 1. The van der Waals surface area contributed by atoms with E-state index in [4.69, 9.17) is 0 Å². The molecule has 3 rings (SSSR count). The lowest BCUT2D eigenvalue weighted by molar-refractivity contribution is 0.879. The SMILES string of the molecule is Cc1ccc2nc(NC(C)c3ccncc3)sc2c1. The van der Waals surface area contributed by atoms with Gasteiger partial charge < -0.3 is 5.32 Å². The zero-order valence-corrected chi connectivity index (χ0v) is 11.7. The smallest absolute Gasteiger partial charge is 0.184 e. The molecule has 0 saturated carbocycles. The van der Waals surface area contributed by atoms with Gasteiger partial charge in [-0.1, -0.05) is 17.4 Å². The molecule has 2 aromatic heterocycles. The molecule has 0 aliphatic heterocycles. The summed E-state index contributed by atoms with van der Waals surface area (Å²) in [5.41, 5.74) is 3.54. The van der Waals surface area contributed by atoms with Gasteiger partial charge in [0, 0.05) is 12.4 Å².